The van der Waals surface area contributed by atoms with Gasteiger partial charge in [0.1, 0.15) is 0 Å². The number of hydrogen-bond acceptors (Lipinski definition) is 1. The Kier molecular flexibility index (Phi) is 1.34. The molecule has 3 fully saturated rings. The maximum absolute atomic E-state index is 2.62. The fraction of sp³-hybridized carbons (Fsp3) is 1.00. The molecule has 0 amide bonds. The Bertz CT molecular complexity index is 63.5. The second-order valence-electron chi connectivity index (χ2n) is 3.07. The molecule has 3 aliphatic heterocycles. The molecule has 0 aromatic carbocycles. The normalized spacial score (nSPS) is 29.2. The Morgan fingerprint density at radius 2 is 1.38 bits per heavy atom. The lowest BCUT2D eigenvalue weighted by Gasteiger charge is -2.36. The second kappa shape index (κ2) is 2.02. The summed E-state index contributed by atoms with van der Waals surface area (Å²) in [6.07, 6.45) is 0. The van der Waals surface area contributed by atoms with Gasteiger partial charge in [-0.25, -0.2) is 0 Å². The Balaban J connectivity index is 2.03. The molecule has 8 heavy (non-hydrogen) atoms. The third-order valence-electron chi connectivity index (χ3n) is 2.56. The minimum Gasteiger partial charge on any atom is -0.307 e. The van der Waals surface area contributed by atoms with Crippen LogP contribution in [0.5, 0.6) is 0 Å². The number of rotatable bonds is 0. The molecule has 0 radical (unpaired) electrons. The van der Waals surface area contributed by atoms with Crippen molar-refractivity contribution < 1.29 is 0 Å². The zero-order valence-electron chi connectivity index (χ0n) is 5.27. The highest BCUT2D eigenvalue weighted by Crippen LogP contribution is 2.21. The molecule has 2 heteroatoms. The van der Waals surface area contributed by atoms with E-state index in [1.165, 1.54) is 19.6 Å². The smallest absolute Gasteiger partial charge is 0.266 e. The number of nitrogens with zero attached hydrogens (tertiary/aromatic N) is 1. The topological polar surface area (TPSA) is 3.24 Å². The SMILES string of the molecule is C1[CH2][Al]2[CH2]CN1C[CH2]2. The summed E-state index contributed by atoms with van der Waals surface area (Å²) in [7, 11) is 0. The van der Waals surface area contributed by atoms with Crippen LogP contribution in [-0.2, 0) is 0 Å². The lowest BCUT2D eigenvalue weighted by molar-refractivity contribution is 0.286. The predicted octanol–water partition coefficient (Wildman–Crippen LogP) is 0.810. The first-order valence-corrected chi connectivity index (χ1v) is 6.12. The van der Waals surface area contributed by atoms with Gasteiger partial charge < -0.3 is 4.90 Å². The minimum absolute atomic E-state index is 0.0810. The zero-order chi connectivity index (χ0) is 5.40. The van der Waals surface area contributed by atoms with Crippen LogP contribution < -0.4 is 0 Å². The molecule has 0 saturated carbocycles. The van der Waals surface area contributed by atoms with Crippen LogP contribution in [0.3, 0.4) is 0 Å². The quantitative estimate of drug-likeness (QED) is 0.433. The summed E-state index contributed by atoms with van der Waals surface area (Å²) in [5, 5.41) is 4.88. The summed E-state index contributed by atoms with van der Waals surface area (Å²) >= 11 is -0.0810. The van der Waals surface area contributed by atoms with E-state index in [9.17, 15) is 0 Å². The molecule has 44 valence electrons. The van der Waals surface area contributed by atoms with E-state index in [-0.39, 0.29) is 14.1 Å². The summed E-state index contributed by atoms with van der Waals surface area (Å²) in [5.41, 5.74) is 0. The zero-order valence-corrected chi connectivity index (χ0v) is 6.42. The van der Waals surface area contributed by atoms with Gasteiger partial charge in [-0.2, -0.15) is 0 Å². The average molecular weight is 125 g/mol. The van der Waals surface area contributed by atoms with Crippen LogP contribution in [0, 0.1) is 0 Å². The van der Waals surface area contributed by atoms with Crippen molar-refractivity contribution in [3.8, 4) is 0 Å². The molecule has 0 aliphatic carbocycles. The van der Waals surface area contributed by atoms with E-state index in [1.54, 1.807) is 15.8 Å². The maximum Gasteiger partial charge on any atom is 0.266 e. The lowest BCUT2D eigenvalue weighted by atomic mass is 10.4. The van der Waals surface area contributed by atoms with Crippen LogP contribution in [-0.4, -0.2) is 38.7 Å². The highest BCUT2D eigenvalue weighted by atomic mass is 27.2. The number of fused-ring (bicyclic) bond motifs is 3. The van der Waals surface area contributed by atoms with Crippen LogP contribution in [0.1, 0.15) is 0 Å². The van der Waals surface area contributed by atoms with Crippen molar-refractivity contribution >= 4 is 14.1 Å². The van der Waals surface area contributed by atoms with Gasteiger partial charge in [0.05, 0.1) is 0 Å². The first-order chi connectivity index (χ1) is 3.95. The van der Waals surface area contributed by atoms with Crippen molar-refractivity contribution in [2.24, 2.45) is 0 Å². The standard InChI is InChI=1S/C6H12N.Al/c1-4-7(5-2)6-3;/h1-6H2;. The molecule has 1 nitrogen and oxygen atoms in total. The molecule has 0 unspecified atom stereocenters. The molecule has 3 heterocycles. The van der Waals surface area contributed by atoms with Gasteiger partial charge in [0, 0.05) is 0 Å². The van der Waals surface area contributed by atoms with E-state index in [0.29, 0.717) is 0 Å². The molecule has 2 bridgehead atoms. The van der Waals surface area contributed by atoms with Gasteiger partial charge in [-0.15, -0.1) is 0 Å². The third kappa shape index (κ3) is 0.816. The van der Waals surface area contributed by atoms with Crippen molar-refractivity contribution in [1.29, 1.82) is 0 Å². The Labute approximate surface area is 55.1 Å². The van der Waals surface area contributed by atoms with Crippen molar-refractivity contribution in [3.63, 3.8) is 0 Å². The highest BCUT2D eigenvalue weighted by Gasteiger charge is 2.29. The molecule has 3 saturated heterocycles. The third-order valence-corrected chi connectivity index (χ3v) is 5.78. The minimum atomic E-state index is -0.0810. The molecular weight excluding hydrogens is 113 g/mol. The molecule has 0 spiro atoms. The van der Waals surface area contributed by atoms with Gasteiger partial charge in [0.15, 0.2) is 0 Å². The summed E-state index contributed by atoms with van der Waals surface area (Å²) in [5.74, 6) is 0. The van der Waals surface area contributed by atoms with Gasteiger partial charge in [-0.1, -0.05) is 15.8 Å². The van der Waals surface area contributed by atoms with Gasteiger partial charge in [-0.3, -0.25) is 0 Å². The van der Waals surface area contributed by atoms with Crippen LogP contribution in [0.25, 0.3) is 0 Å². The molecular formula is C6H12AlN. The van der Waals surface area contributed by atoms with E-state index < -0.39 is 0 Å². The molecule has 0 N–H and O–H groups in total. The van der Waals surface area contributed by atoms with Crippen LogP contribution in [0.4, 0.5) is 0 Å². The largest absolute Gasteiger partial charge is 0.307 e. The maximum atomic E-state index is 2.62. The van der Waals surface area contributed by atoms with Crippen molar-refractivity contribution in [2.45, 2.75) is 15.8 Å². The molecule has 0 aromatic rings. The van der Waals surface area contributed by atoms with E-state index >= 15 is 0 Å². The van der Waals surface area contributed by atoms with Crippen molar-refractivity contribution in [2.75, 3.05) is 19.6 Å². The monoisotopic (exact) mass is 125 g/mol. The van der Waals surface area contributed by atoms with Gasteiger partial charge in [0.2, 0.25) is 0 Å². The highest BCUT2D eigenvalue weighted by molar-refractivity contribution is 6.59. The van der Waals surface area contributed by atoms with Gasteiger partial charge >= 0.3 is 0 Å². The summed E-state index contributed by atoms with van der Waals surface area (Å²) in [6, 6.07) is 0. The van der Waals surface area contributed by atoms with Gasteiger partial charge in [-0.05, 0) is 19.6 Å². The fourth-order valence-electron chi connectivity index (χ4n) is 1.86. The lowest BCUT2D eigenvalue weighted by Crippen LogP contribution is -2.44. The molecule has 0 atom stereocenters. The summed E-state index contributed by atoms with van der Waals surface area (Å²) in [4.78, 5) is 2.62. The first kappa shape index (κ1) is 5.29. The number of hydrogen-bond donors (Lipinski definition) is 0. The van der Waals surface area contributed by atoms with E-state index in [4.69, 9.17) is 0 Å². The molecule has 0 aromatic heterocycles. The average Bonchev–Trinajstić information content (AvgIpc) is 1.92. The predicted molar refractivity (Wildman–Crippen MR) is 36.6 cm³/mol. The van der Waals surface area contributed by atoms with Gasteiger partial charge in [0.25, 0.3) is 14.1 Å². The van der Waals surface area contributed by atoms with Crippen molar-refractivity contribution in [3.05, 3.63) is 0 Å². The molecule has 3 rings (SSSR count). The Morgan fingerprint density at radius 3 is 1.50 bits per heavy atom. The Hall–Kier alpha value is 0.492. The van der Waals surface area contributed by atoms with E-state index in [2.05, 4.69) is 4.90 Å². The summed E-state index contributed by atoms with van der Waals surface area (Å²) in [6.45, 7) is 4.37. The summed E-state index contributed by atoms with van der Waals surface area (Å²) < 4.78 is 0. The fourth-order valence-corrected chi connectivity index (χ4v) is 4.92. The second-order valence-corrected chi connectivity index (χ2v) is 6.54. The van der Waals surface area contributed by atoms with Crippen molar-refractivity contribution in [1.82, 2.24) is 4.90 Å². The van der Waals surface area contributed by atoms with Crippen LogP contribution >= 0.6 is 0 Å². The van der Waals surface area contributed by atoms with Crippen LogP contribution in [0.15, 0.2) is 0 Å². The van der Waals surface area contributed by atoms with Crippen LogP contribution in [0.2, 0.25) is 15.8 Å². The molecule has 3 aliphatic rings. The first-order valence-electron chi connectivity index (χ1n) is 3.67. The van der Waals surface area contributed by atoms with E-state index in [0.717, 1.165) is 0 Å². The Morgan fingerprint density at radius 1 is 0.875 bits per heavy atom. The van der Waals surface area contributed by atoms with E-state index in [1.807, 2.05) is 0 Å².